The van der Waals surface area contributed by atoms with Gasteiger partial charge in [0.15, 0.2) is 0 Å². The maximum absolute atomic E-state index is 12.1. The van der Waals surface area contributed by atoms with Crippen LogP contribution in [0.15, 0.2) is 10.7 Å². The molecule has 0 radical (unpaired) electrons. The van der Waals surface area contributed by atoms with Crippen LogP contribution in [0.25, 0.3) is 0 Å². The highest BCUT2D eigenvalue weighted by molar-refractivity contribution is 9.10. The molecule has 0 saturated heterocycles. The minimum atomic E-state index is -3.92. The molecule has 1 amide bonds. The first-order chi connectivity index (χ1) is 13.9. The van der Waals surface area contributed by atoms with Crippen LogP contribution in [-0.2, 0) is 27.9 Å². The molecule has 1 aromatic rings. The highest BCUT2D eigenvalue weighted by atomic mass is 79.9. The Morgan fingerprint density at radius 3 is 2.03 bits per heavy atom. The summed E-state index contributed by atoms with van der Waals surface area (Å²) in [5.41, 5.74) is 0.171. The highest BCUT2D eigenvalue weighted by Gasteiger charge is 2.29. The second-order valence-electron chi connectivity index (χ2n) is 9.28. The van der Waals surface area contributed by atoms with Crippen LogP contribution in [0.1, 0.15) is 61.1 Å². The van der Waals surface area contributed by atoms with Crippen molar-refractivity contribution in [3.63, 3.8) is 0 Å². The Bertz CT molecular complexity index is 796. The lowest BCUT2D eigenvalue weighted by Crippen LogP contribution is -2.50. The van der Waals surface area contributed by atoms with Gasteiger partial charge in [0.25, 0.3) is 0 Å². The van der Waals surface area contributed by atoms with Gasteiger partial charge in [-0.05, 0) is 77.4 Å². The number of carbonyl (C=O) groups excluding carboxylic acids is 1. The van der Waals surface area contributed by atoms with Crippen LogP contribution in [0.3, 0.4) is 0 Å². The third-order valence-electron chi connectivity index (χ3n) is 4.73. The summed E-state index contributed by atoms with van der Waals surface area (Å²) in [5, 5.41) is 7.56. The molecule has 0 fully saturated rings. The van der Waals surface area contributed by atoms with E-state index in [9.17, 15) is 4.79 Å². The topological polar surface area (TPSA) is 113 Å². The summed E-state index contributed by atoms with van der Waals surface area (Å²) in [6, 6.07) is 2.08. The number of hydrogen-bond acceptors (Lipinski definition) is 6. The lowest BCUT2D eigenvalue weighted by molar-refractivity contribution is -0.936. The largest absolute Gasteiger partial charge is 0.748 e. The number of halogens is 1. The Morgan fingerprint density at radius 2 is 1.65 bits per heavy atom. The lowest BCUT2D eigenvalue weighted by Gasteiger charge is -2.36. The number of ether oxygens (including phenoxy) is 1. The van der Waals surface area contributed by atoms with Crippen molar-refractivity contribution in [2.24, 2.45) is 0 Å². The van der Waals surface area contributed by atoms with E-state index in [4.69, 9.17) is 17.7 Å². The van der Waals surface area contributed by atoms with Crippen molar-refractivity contribution in [3.05, 3.63) is 16.4 Å². The van der Waals surface area contributed by atoms with Crippen molar-refractivity contribution in [2.75, 3.05) is 25.9 Å². The van der Waals surface area contributed by atoms with Crippen molar-refractivity contribution in [2.45, 2.75) is 79.6 Å². The number of nitrogens with zero attached hydrogens (tertiary/aromatic N) is 3. The molecule has 0 atom stereocenters. The molecule has 0 saturated carbocycles. The van der Waals surface area contributed by atoms with Crippen LogP contribution in [0.4, 0.5) is 4.79 Å². The SMILES string of the molecule is CC[N+](CC)(CC)Cc1cc(Br)nn1CC(C)(C)NC(=O)OC(C)(C)C.CS(=O)(=O)[O-]. The van der Waals surface area contributed by atoms with E-state index in [1.165, 1.54) is 5.69 Å². The second-order valence-corrected chi connectivity index (χ2v) is 11.5. The third kappa shape index (κ3) is 13.1. The average molecular weight is 528 g/mol. The molecule has 0 aromatic carbocycles. The number of hydrogen-bond donors (Lipinski definition) is 1. The van der Waals surface area contributed by atoms with Gasteiger partial charge in [0.2, 0.25) is 0 Å². The van der Waals surface area contributed by atoms with Gasteiger partial charge in [-0.15, -0.1) is 0 Å². The molecule has 0 unspecified atom stereocenters. The van der Waals surface area contributed by atoms with Gasteiger partial charge in [0.1, 0.15) is 16.7 Å². The zero-order valence-corrected chi connectivity index (χ0v) is 22.7. The first-order valence-corrected chi connectivity index (χ1v) is 13.0. The second kappa shape index (κ2) is 11.6. The number of aromatic nitrogens is 2. The summed E-state index contributed by atoms with van der Waals surface area (Å²) in [7, 11) is -3.92. The highest BCUT2D eigenvalue weighted by Crippen LogP contribution is 2.20. The normalized spacial score (nSPS) is 12.7. The van der Waals surface area contributed by atoms with Crippen molar-refractivity contribution in [1.82, 2.24) is 15.1 Å². The quantitative estimate of drug-likeness (QED) is 0.409. The summed E-state index contributed by atoms with van der Waals surface area (Å²) >= 11 is 3.50. The van der Waals surface area contributed by atoms with Crippen molar-refractivity contribution >= 4 is 32.1 Å². The van der Waals surface area contributed by atoms with Crippen LogP contribution in [0.5, 0.6) is 0 Å². The molecule has 1 aromatic heterocycles. The molecule has 182 valence electrons. The van der Waals surface area contributed by atoms with Gasteiger partial charge in [0.05, 0.1) is 47.5 Å². The van der Waals surface area contributed by atoms with Crippen LogP contribution in [0.2, 0.25) is 0 Å². The van der Waals surface area contributed by atoms with Crippen LogP contribution < -0.4 is 5.32 Å². The van der Waals surface area contributed by atoms with E-state index in [1.807, 2.05) is 39.3 Å². The summed E-state index contributed by atoms with van der Waals surface area (Å²) in [5.74, 6) is 0. The van der Waals surface area contributed by atoms with Gasteiger partial charge in [-0.1, -0.05) is 0 Å². The van der Waals surface area contributed by atoms with E-state index in [1.54, 1.807) is 0 Å². The fourth-order valence-electron chi connectivity index (χ4n) is 3.03. The van der Waals surface area contributed by atoms with E-state index in [0.717, 1.165) is 35.3 Å². The van der Waals surface area contributed by atoms with Gasteiger partial charge in [0, 0.05) is 6.26 Å². The Balaban J connectivity index is 0.00000161. The monoisotopic (exact) mass is 526 g/mol. The molecule has 0 aliphatic rings. The van der Waals surface area contributed by atoms with E-state index in [-0.39, 0.29) is 0 Å². The number of amides is 1. The molecule has 0 aliphatic carbocycles. The molecule has 0 bridgehead atoms. The number of carbonyl (C=O) groups is 1. The minimum Gasteiger partial charge on any atom is -0.748 e. The first kappa shape index (κ1) is 29.8. The van der Waals surface area contributed by atoms with Crippen LogP contribution in [-0.4, -0.2) is 70.4 Å². The molecule has 31 heavy (non-hydrogen) atoms. The Hall–Kier alpha value is -1.17. The fraction of sp³-hybridized carbons (Fsp3) is 0.800. The zero-order valence-electron chi connectivity index (χ0n) is 20.3. The first-order valence-electron chi connectivity index (χ1n) is 10.3. The van der Waals surface area contributed by atoms with Gasteiger partial charge >= 0.3 is 6.09 Å². The summed E-state index contributed by atoms with van der Waals surface area (Å²) in [4.78, 5) is 12.1. The molecule has 0 aliphatic heterocycles. The molecule has 1 N–H and O–H groups in total. The Kier molecular flexibility index (Phi) is 11.2. The number of nitrogens with one attached hydrogen (secondary N) is 1. The van der Waals surface area contributed by atoms with Crippen molar-refractivity contribution in [1.29, 1.82) is 0 Å². The number of quaternary nitrogens is 1. The standard InChI is InChI=1S/C19H35BrN4O2.CH4O3S/c1-9-24(10-2,11-3)13-15-12-16(20)22-23(15)14-19(7,8)21-17(25)26-18(4,5)6;1-5(2,3)4/h12H,9-11,13-14H2,1-8H3;1H3,(H,2,3,4). The fourth-order valence-corrected chi connectivity index (χ4v) is 3.48. The molecule has 1 heterocycles. The smallest absolute Gasteiger partial charge is 0.408 e. The van der Waals surface area contributed by atoms with E-state index < -0.39 is 27.4 Å². The molecule has 1 rings (SSSR count). The van der Waals surface area contributed by atoms with E-state index in [0.29, 0.717) is 12.8 Å². The predicted molar refractivity (Wildman–Crippen MR) is 125 cm³/mol. The molecular formula is C20H39BrN4O5S. The van der Waals surface area contributed by atoms with E-state index >= 15 is 0 Å². The van der Waals surface area contributed by atoms with Crippen molar-refractivity contribution < 1.29 is 27.0 Å². The third-order valence-corrected chi connectivity index (χ3v) is 5.12. The van der Waals surface area contributed by atoms with E-state index in [2.05, 4.69) is 53.2 Å². The maximum Gasteiger partial charge on any atom is 0.408 e. The van der Waals surface area contributed by atoms with Gasteiger partial charge in [-0.2, -0.15) is 5.10 Å². The average Bonchev–Trinajstić information content (AvgIpc) is 2.86. The molecule has 0 spiro atoms. The van der Waals surface area contributed by atoms with Gasteiger partial charge in [-0.25, -0.2) is 13.2 Å². The van der Waals surface area contributed by atoms with Crippen LogP contribution >= 0.6 is 15.9 Å². The lowest BCUT2D eigenvalue weighted by atomic mass is 10.1. The van der Waals surface area contributed by atoms with Crippen molar-refractivity contribution in [3.8, 4) is 0 Å². The van der Waals surface area contributed by atoms with Gasteiger partial charge in [-0.3, -0.25) is 4.68 Å². The van der Waals surface area contributed by atoms with Crippen LogP contribution in [0, 0.1) is 0 Å². The van der Waals surface area contributed by atoms with Gasteiger partial charge < -0.3 is 19.1 Å². The summed E-state index contributed by atoms with van der Waals surface area (Å²) < 4.78 is 36.4. The minimum absolute atomic E-state index is 0.406. The zero-order chi connectivity index (χ0) is 24.7. The number of alkyl carbamates (subject to hydrolysis) is 1. The molecule has 11 heteroatoms. The molecule has 9 nitrogen and oxygen atoms in total. The number of rotatable bonds is 8. The Labute approximate surface area is 196 Å². The Morgan fingerprint density at radius 1 is 1.19 bits per heavy atom. The molecular weight excluding hydrogens is 488 g/mol. The summed E-state index contributed by atoms with van der Waals surface area (Å²) in [6.45, 7) is 21.0. The summed E-state index contributed by atoms with van der Waals surface area (Å²) in [6.07, 6.45) is 0.198. The predicted octanol–water partition coefficient (Wildman–Crippen LogP) is 3.49. The maximum atomic E-state index is 12.1.